The summed E-state index contributed by atoms with van der Waals surface area (Å²) >= 11 is 1.48. The van der Waals surface area contributed by atoms with E-state index >= 15 is 0 Å². The zero-order chi connectivity index (χ0) is 29.7. The van der Waals surface area contributed by atoms with Crippen molar-refractivity contribution in [2.24, 2.45) is 7.05 Å². The van der Waals surface area contributed by atoms with Gasteiger partial charge < -0.3 is 14.2 Å². The minimum absolute atomic E-state index is 0.0528. The molecule has 1 amide bonds. The molecule has 1 aliphatic heterocycles. The molecular weight excluding hydrogens is 562 g/mol. The van der Waals surface area contributed by atoms with Gasteiger partial charge in [0.15, 0.2) is 5.83 Å². The third-order valence-electron chi connectivity index (χ3n) is 6.94. The highest BCUT2D eigenvalue weighted by atomic mass is 32.1. The third-order valence-corrected chi connectivity index (χ3v) is 7.87. The molecule has 0 fully saturated rings. The van der Waals surface area contributed by atoms with E-state index in [0.717, 1.165) is 10.1 Å². The van der Waals surface area contributed by atoms with Crippen LogP contribution in [0.3, 0.4) is 0 Å². The van der Waals surface area contributed by atoms with Crippen molar-refractivity contribution >= 4 is 27.3 Å². The first-order chi connectivity index (χ1) is 20.1. The van der Waals surface area contributed by atoms with Gasteiger partial charge in [-0.05, 0) is 43.5 Å². The Labute approximate surface area is 243 Å². The number of nitrogens with zero attached hydrogens (tertiary/aromatic N) is 6. The number of ether oxygens (including phenoxy) is 1. The maximum absolute atomic E-state index is 14.4. The van der Waals surface area contributed by atoms with Gasteiger partial charge in [-0.1, -0.05) is 6.58 Å². The molecule has 0 N–H and O–H groups in total. The van der Waals surface area contributed by atoms with Gasteiger partial charge in [0.1, 0.15) is 23.1 Å². The SMILES string of the molecule is C=C(F)C(=O)N1CCn2nc(-c3nc(-c4ccc(=O)n(C)c4)c4ccsc4c3-c3ccc(F)cc3OC(C)C)nc2C1. The minimum Gasteiger partial charge on any atom is -0.490 e. The summed E-state index contributed by atoms with van der Waals surface area (Å²) in [5.41, 5.74) is 2.88. The number of amides is 1. The van der Waals surface area contributed by atoms with Crippen molar-refractivity contribution in [1.82, 2.24) is 29.2 Å². The lowest BCUT2D eigenvalue weighted by atomic mass is 9.98. The molecule has 0 spiro atoms. The van der Waals surface area contributed by atoms with Gasteiger partial charge in [0.05, 0.1) is 24.9 Å². The van der Waals surface area contributed by atoms with Crippen LogP contribution >= 0.6 is 11.3 Å². The molecule has 4 aromatic heterocycles. The number of aromatic nitrogens is 5. The van der Waals surface area contributed by atoms with Gasteiger partial charge in [-0.15, -0.1) is 16.4 Å². The standard InChI is InChI=1S/C30H26F2N6O3S/c1-16(2)41-22-13-19(32)6-7-20(22)25-27(29-33-23-15-37(30(40)17(3)31)10-11-38(23)35-29)34-26(21-9-12-42-28(21)25)18-5-8-24(39)36(4)14-18/h5-9,12-14,16H,3,10-11,15H2,1-2,4H3. The normalized spacial score (nSPS) is 13.0. The van der Waals surface area contributed by atoms with Crippen LogP contribution in [-0.2, 0) is 24.9 Å². The van der Waals surface area contributed by atoms with E-state index in [1.54, 1.807) is 30.1 Å². The maximum atomic E-state index is 14.4. The highest BCUT2D eigenvalue weighted by Crippen LogP contribution is 2.45. The molecule has 214 valence electrons. The number of benzene rings is 1. The second-order valence-electron chi connectivity index (χ2n) is 10.2. The van der Waals surface area contributed by atoms with Crippen molar-refractivity contribution in [1.29, 1.82) is 0 Å². The molecule has 42 heavy (non-hydrogen) atoms. The highest BCUT2D eigenvalue weighted by molar-refractivity contribution is 7.18. The summed E-state index contributed by atoms with van der Waals surface area (Å²) in [5.74, 6) is -1.17. The molecule has 0 unspecified atom stereocenters. The smallest absolute Gasteiger partial charge is 0.282 e. The third kappa shape index (κ3) is 4.87. The summed E-state index contributed by atoms with van der Waals surface area (Å²) in [6.07, 6.45) is 1.49. The molecule has 5 aromatic rings. The molecule has 1 aromatic carbocycles. The molecular formula is C30H26F2N6O3S. The van der Waals surface area contributed by atoms with Gasteiger partial charge in [-0.25, -0.2) is 23.4 Å². The number of thiophene rings is 1. The number of halogens is 2. The number of pyridine rings is 2. The van der Waals surface area contributed by atoms with E-state index in [1.165, 1.54) is 39.0 Å². The number of aryl methyl sites for hydroxylation is 1. The maximum Gasteiger partial charge on any atom is 0.282 e. The van der Waals surface area contributed by atoms with Crippen molar-refractivity contribution in [3.63, 3.8) is 0 Å². The van der Waals surface area contributed by atoms with Crippen molar-refractivity contribution in [3.05, 3.63) is 82.4 Å². The Kier molecular flexibility index (Phi) is 6.93. The van der Waals surface area contributed by atoms with Crippen LogP contribution in [0.2, 0.25) is 0 Å². The van der Waals surface area contributed by atoms with E-state index in [2.05, 4.69) is 6.58 Å². The Morgan fingerprint density at radius 3 is 2.67 bits per heavy atom. The van der Waals surface area contributed by atoms with Crippen molar-refractivity contribution in [3.8, 4) is 39.7 Å². The predicted molar refractivity (Wildman–Crippen MR) is 156 cm³/mol. The topological polar surface area (TPSA) is 95.1 Å². The number of hydrogen-bond acceptors (Lipinski definition) is 7. The molecule has 12 heteroatoms. The average Bonchev–Trinajstić information content (AvgIpc) is 3.60. The van der Waals surface area contributed by atoms with Gasteiger partial charge >= 0.3 is 0 Å². The van der Waals surface area contributed by atoms with E-state index in [0.29, 0.717) is 46.2 Å². The zero-order valence-electron chi connectivity index (χ0n) is 23.1. The lowest BCUT2D eigenvalue weighted by Crippen LogP contribution is -2.38. The van der Waals surface area contributed by atoms with Gasteiger partial charge in [0.25, 0.3) is 5.91 Å². The highest BCUT2D eigenvalue weighted by Gasteiger charge is 2.29. The summed E-state index contributed by atoms with van der Waals surface area (Å²) in [5, 5.41) is 7.51. The van der Waals surface area contributed by atoms with Crippen LogP contribution in [0.4, 0.5) is 8.78 Å². The van der Waals surface area contributed by atoms with Crippen LogP contribution in [0, 0.1) is 5.82 Å². The van der Waals surface area contributed by atoms with Gasteiger partial charge in [-0.3, -0.25) is 9.59 Å². The van der Waals surface area contributed by atoms with Gasteiger partial charge in [-0.2, -0.15) is 0 Å². The van der Waals surface area contributed by atoms with E-state index in [9.17, 15) is 18.4 Å². The van der Waals surface area contributed by atoms with E-state index < -0.39 is 17.6 Å². The summed E-state index contributed by atoms with van der Waals surface area (Å²) in [4.78, 5) is 35.6. The number of fused-ring (bicyclic) bond motifs is 2. The van der Waals surface area contributed by atoms with Gasteiger partial charge in [0.2, 0.25) is 11.4 Å². The summed E-state index contributed by atoms with van der Waals surface area (Å²) in [6, 6.07) is 9.52. The summed E-state index contributed by atoms with van der Waals surface area (Å²) in [6.45, 7) is 7.46. The average molecular weight is 589 g/mol. The van der Waals surface area contributed by atoms with Crippen molar-refractivity contribution in [2.45, 2.75) is 33.0 Å². The molecule has 0 atom stereocenters. The molecule has 0 bridgehead atoms. The number of hydrogen-bond donors (Lipinski definition) is 0. The minimum atomic E-state index is -1.04. The molecule has 6 rings (SSSR count). The fourth-order valence-electron chi connectivity index (χ4n) is 5.03. The second kappa shape index (κ2) is 10.6. The number of carbonyl (C=O) groups excluding carboxylic acids is 1. The molecule has 9 nitrogen and oxygen atoms in total. The Morgan fingerprint density at radius 1 is 1.12 bits per heavy atom. The zero-order valence-corrected chi connectivity index (χ0v) is 23.9. The molecule has 1 aliphatic rings. The first-order valence-corrected chi connectivity index (χ1v) is 14.1. The van der Waals surface area contributed by atoms with Crippen LogP contribution in [0.25, 0.3) is 44.0 Å². The Balaban J connectivity index is 1.61. The van der Waals surface area contributed by atoms with Gasteiger partial charge in [0, 0.05) is 58.7 Å². The van der Waals surface area contributed by atoms with E-state index in [4.69, 9.17) is 19.8 Å². The fourth-order valence-corrected chi connectivity index (χ4v) is 5.98. The molecule has 0 radical (unpaired) electrons. The van der Waals surface area contributed by atoms with Crippen LogP contribution in [0.1, 0.15) is 19.7 Å². The summed E-state index contributed by atoms with van der Waals surface area (Å²) < 4.78 is 38.1. The second-order valence-corrected chi connectivity index (χ2v) is 11.1. The lowest BCUT2D eigenvalue weighted by molar-refractivity contribution is -0.130. The first kappa shape index (κ1) is 27.5. The molecule has 0 saturated heterocycles. The van der Waals surface area contributed by atoms with E-state index in [-0.39, 0.29) is 30.6 Å². The molecule has 0 aliphatic carbocycles. The lowest BCUT2D eigenvalue weighted by Gasteiger charge is -2.25. The largest absolute Gasteiger partial charge is 0.490 e. The van der Waals surface area contributed by atoms with Crippen LogP contribution in [0.15, 0.2) is 65.2 Å². The van der Waals surface area contributed by atoms with Crippen LogP contribution in [0.5, 0.6) is 5.75 Å². The number of carbonyl (C=O) groups is 1. The van der Waals surface area contributed by atoms with Crippen molar-refractivity contribution < 1.29 is 18.3 Å². The summed E-state index contributed by atoms with van der Waals surface area (Å²) in [7, 11) is 1.67. The number of rotatable bonds is 6. The first-order valence-electron chi connectivity index (χ1n) is 13.2. The molecule has 5 heterocycles. The fraction of sp³-hybridized carbons (Fsp3) is 0.233. The van der Waals surface area contributed by atoms with Crippen molar-refractivity contribution in [2.75, 3.05) is 6.54 Å². The van der Waals surface area contributed by atoms with Crippen LogP contribution < -0.4 is 10.3 Å². The van der Waals surface area contributed by atoms with Crippen LogP contribution in [-0.4, -0.2) is 47.8 Å². The quantitative estimate of drug-likeness (QED) is 0.249. The Bertz CT molecular complexity index is 1940. The van der Waals surface area contributed by atoms with E-state index in [1.807, 2.05) is 25.3 Å². The predicted octanol–water partition coefficient (Wildman–Crippen LogP) is 5.34. The molecule has 0 saturated carbocycles. The Hall–Kier alpha value is -4.71. The Morgan fingerprint density at radius 2 is 1.93 bits per heavy atom. The monoisotopic (exact) mass is 588 g/mol.